The van der Waals surface area contributed by atoms with Gasteiger partial charge >= 0.3 is 0 Å². The summed E-state index contributed by atoms with van der Waals surface area (Å²) in [7, 11) is 0. The van der Waals surface area contributed by atoms with Crippen LogP contribution in [0.25, 0.3) is 0 Å². The zero-order valence-corrected chi connectivity index (χ0v) is 16.9. The highest BCUT2D eigenvalue weighted by Gasteiger charge is 2.02. The maximum Gasteiger partial charge on any atom is 0.123 e. The lowest BCUT2D eigenvalue weighted by Crippen LogP contribution is -1.97. The van der Waals surface area contributed by atoms with Crippen molar-refractivity contribution < 1.29 is 18.3 Å². The Morgan fingerprint density at radius 3 is 1.10 bits per heavy atom. The molecule has 156 valence electrons. The molecule has 0 bridgehead atoms. The van der Waals surface area contributed by atoms with E-state index in [1.807, 2.05) is 24.3 Å². The molecule has 0 unspecified atom stereocenters. The van der Waals surface area contributed by atoms with E-state index in [1.165, 1.54) is 35.4 Å². The molecule has 0 atom stereocenters. The van der Waals surface area contributed by atoms with Crippen molar-refractivity contribution in [1.82, 2.24) is 0 Å². The molecule has 4 heteroatoms. The standard InChI is InChI=1S/C27H22F2O2/c28-24-9-13-26(14-10-24)30-18-22-5-1-20(2-6-22)17-21-3-7-23(8-4-21)19-31-27-15-11-25(29)12-16-27/h1-16H,17-19H2. The molecule has 0 heterocycles. The monoisotopic (exact) mass is 416 g/mol. The quantitative estimate of drug-likeness (QED) is 0.318. The maximum atomic E-state index is 12.9. The molecule has 4 aromatic rings. The number of ether oxygens (including phenoxy) is 2. The molecule has 0 aromatic heterocycles. The zero-order chi connectivity index (χ0) is 21.5. The number of rotatable bonds is 8. The third-order valence-electron chi connectivity index (χ3n) is 4.89. The van der Waals surface area contributed by atoms with Crippen molar-refractivity contribution in [2.24, 2.45) is 0 Å². The summed E-state index contributed by atoms with van der Waals surface area (Å²) in [5.41, 5.74) is 4.53. The van der Waals surface area contributed by atoms with Crippen LogP contribution < -0.4 is 9.47 Å². The molecule has 4 aromatic carbocycles. The number of halogens is 2. The summed E-state index contributed by atoms with van der Waals surface area (Å²) in [4.78, 5) is 0. The highest BCUT2D eigenvalue weighted by molar-refractivity contribution is 5.31. The second-order valence-corrected chi connectivity index (χ2v) is 7.29. The van der Waals surface area contributed by atoms with Gasteiger partial charge in [0.1, 0.15) is 36.3 Å². The highest BCUT2D eigenvalue weighted by Crippen LogP contribution is 2.17. The third-order valence-corrected chi connectivity index (χ3v) is 4.89. The smallest absolute Gasteiger partial charge is 0.123 e. The minimum Gasteiger partial charge on any atom is -0.489 e. The number of hydrogen-bond acceptors (Lipinski definition) is 2. The third kappa shape index (κ3) is 6.16. The van der Waals surface area contributed by atoms with Crippen LogP contribution in [0.1, 0.15) is 22.3 Å². The predicted molar refractivity (Wildman–Crippen MR) is 117 cm³/mol. The zero-order valence-electron chi connectivity index (χ0n) is 16.9. The Kier molecular flexibility index (Phi) is 6.58. The van der Waals surface area contributed by atoms with E-state index in [1.54, 1.807) is 24.3 Å². The Labute approximate surface area is 180 Å². The Balaban J connectivity index is 1.27. The summed E-state index contributed by atoms with van der Waals surface area (Å²) in [5, 5.41) is 0. The van der Waals surface area contributed by atoms with E-state index in [0.717, 1.165) is 17.5 Å². The fourth-order valence-corrected chi connectivity index (χ4v) is 3.14. The second kappa shape index (κ2) is 9.90. The first kappa shape index (κ1) is 20.6. The van der Waals surface area contributed by atoms with Crippen molar-refractivity contribution in [2.75, 3.05) is 0 Å². The van der Waals surface area contributed by atoms with Crippen molar-refractivity contribution in [3.63, 3.8) is 0 Å². The van der Waals surface area contributed by atoms with Gasteiger partial charge in [0, 0.05) is 0 Å². The van der Waals surface area contributed by atoms with Gasteiger partial charge < -0.3 is 9.47 Å². The van der Waals surface area contributed by atoms with Crippen LogP contribution in [-0.4, -0.2) is 0 Å². The molecule has 0 N–H and O–H groups in total. The Morgan fingerprint density at radius 1 is 0.419 bits per heavy atom. The molecular formula is C27H22F2O2. The van der Waals surface area contributed by atoms with E-state index in [9.17, 15) is 8.78 Å². The fourth-order valence-electron chi connectivity index (χ4n) is 3.14. The second-order valence-electron chi connectivity index (χ2n) is 7.29. The molecule has 0 aliphatic carbocycles. The van der Waals surface area contributed by atoms with Gasteiger partial charge in [0.15, 0.2) is 0 Å². The molecule has 0 aliphatic rings. The van der Waals surface area contributed by atoms with Gasteiger partial charge in [-0.1, -0.05) is 48.5 Å². The Morgan fingerprint density at radius 2 is 0.742 bits per heavy atom. The molecular weight excluding hydrogens is 394 g/mol. The van der Waals surface area contributed by atoms with Crippen LogP contribution in [0, 0.1) is 11.6 Å². The summed E-state index contributed by atoms with van der Waals surface area (Å²) in [6, 6.07) is 28.6. The molecule has 0 aliphatic heterocycles. The van der Waals surface area contributed by atoms with E-state index in [0.29, 0.717) is 24.7 Å². The lowest BCUT2D eigenvalue weighted by Gasteiger charge is -2.09. The van der Waals surface area contributed by atoms with E-state index in [4.69, 9.17) is 9.47 Å². The summed E-state index contributed by atoms with van der Waals surface area (Å²) >= 11 is 0. The average molecular weight is 416 g/mol. The van der Waals surface area contributed by atoms with Crippen molar-refractivity contribution in [2.45, 2.75) is 19.6 Å². The van der Waals surface area contributed by atoms with Crippen molar-refractivity contribution >= 4 is 0 Å². The van der Waals surface area contributed by atoms with Gasteiger partial charge in [0.2, 0.25) is 0 Å². The molecule has 0 fully saturated rings. The van der Waals surface area contributed by atoms with Crippen LogP contribution in [0.4, 0.5) is 8.78 Å². The molecule has 0 saturated heterocycles. The van der Waals surface area contributed by atoms with Gasteiger partial charge in [-0.25, -0.2) is 8.78 Å². The topological polar surface area (TPSA) is 18.5 Å². The van der Waals surface area contributed by atoms with E-state index in [-0.39, 0.29) is 11.6 Å². The van der Waals surface area contributed by atoms with Crippen molar-refractivity contribution in [1.29, 1.82) is 0 Å². The van der Waals surface area contributed by atoms with E-state index < -0.39 is 0 Å². The first-order chi connectivity index (χ1) is 15.1. The minimum absolute atomic E-state index is 0.273. The van der Waals surface area contributed by atoms with Gasteiger partial charge in [0.25, 0.3) is 0 Å². The fraction of sp³-hybridized carbons (Fsp3) is 0.111. The van der Waals surface area contributed by atoms with Gasteiger partial charge in [-0.2, -0.15) is 0 Å². The van der Waals surface area contributed by atoms with Crippen LogP contribution in [0.2, 0.25) is 0 Å². The van der Waals surface area contributed by atoms with Crippen molar-refractivity contribution in [3.05, 3.63) is 131 Å². The molecule has 0 amide bonds. The molecule has 4 rings (SSSR count). The lowest BCUT2D eigenvalue weighted by atomic mass is 10.0. The average Bonchev–Trinajstić information content (AvgIpc) is 2.80. The Bertz CT molecular complexity index is 997. The largest absolute Gasteiger partial charge is 0.489 e. The summed E-state index contributed by atoms with van der Waals surface area (Å²) in [6.45, 7) is 0.878. The molecule has 2 nitrogen and oxygen atoms in total. The van der Waals surface area contributed by atoms with Gasteiger partial charge in [-0.05, 0) is 77.2 Å². The molecule has 0 saturated carbocycles. The highest BCUT2D eigenvalue weighted by atomic mass is 19.1. The van der Waals surface area contributed by atoms with Crippen LogP contribution in [-0.2, 0) is 19.6 Å². The van der Waals surface area contributed by atoms with Crippen LogP contribution in [0.15, 0.2) is 97.1 Å². The first-order valence-electron chi connectivity index (χ1n) is 10.1. The van der Waals surface area contributed by atoms with E-state index >= 15 is 0 Å². The summed E-state index contributed by atoms with van der Waals surface area (Å²) in [6.07, 6.45) is 0.832. The summed E-state index contributed by atoms with van der Waals surface area (Å²) < 4.78 is 37.3. The van der Waals surface area contributed by atoms with Gasteiger partial charge in [-0.3, -0.25) is 0 Å². The number of benzene rings is 4. The molecule has 31 heavy (non-hydrogen) atoms. The first-order valence-corrected chi connectivity index (χ1v) is 10.1. The van der Waals surface area contributed by atoms with Crippen LogP contribution in [0.5, 0.6) is 11.5 Å². The van der Waals surface area contributed by atoms with Crippen LogP contribution >= 0.6 is 0 Å². The predicted octanol–water partition coefficient (Wildman–Crippen LogP) is 6.71. The van der Waals surface area contributed by atoms with Gasteiger partial charge in [-0.15, -0.1) is 0 Å². The Hall–Kier alpha value is -3.66. The number of hydrogen-bond donors (Lipinski definition) is 0. The molecule has 0 spiro atoms. The molecule has 0 radical (unpaired) electrons. The van der Waals surface area contributed by atoms with Crippen LogP contribution in [0.3, 0.4) is 0 Å². The van der Waals surface area contributed by atoms with Gasteiger partial charge in [0.05, 0.1) is 0 Å². The minimum atomic E-state index is -0.273. The normalized spacial score (nSPS) is 10.6. The lowest BCUT2D eigenvalue weighted by molar-refractivity contribution is 0.305. The maximum absolute atomic E-state index is 12.9. The van der Waals surface area contributed by atoms with E-state index in [2.05, 4.69) is 24.3 Å². The summed E-state index contributed by atoms with van der Waals surface area (Å²) in [5.74, 6) is 0.748. The SMILES string of the molecule is Fc1ccc(OCc2ccc(Cc3ccc(COc4ccc(F)cc4)cc3)cc2)cc1. The van der Waals surface area contributed by atoms with Crippen molar-refractivity contribution in [3.8, 4) is 11.5 Å².